The Labute approximate surface area is 168 Å². The standard InChI is InChI=1S/C23H22BrNO2/c1-23(2)13-20-17(21(26)14-23)12-19(15-8-10-16(24)11-9-15)25(20)18-6-4-5-7-22(18)27-3/h4-12H,13-14H2,1-3H3. The van der Waals surface area contributed by atoms with Gasteiger partial charge in [-0.3, -0.25) is 4.79 Å². The minimum atomic E-state index is -0.0564. The summed E-state index contributed by atoms with van der Waals surface area (Å²) in [6.07, 6.45) is 1.43. The van der Waals surface area contributed by atoms with Crippen molar-refractivity contribution in [1.82, 2.24) is 4.57 Å². The zero-order chi connectivity index (χ0) is 19.2. The van der Waals surface area contributed by atoms with Crippen molar-refractivity contribution >= 4 is 21.7 Å². The fraction of sp³-hybridized carbons (Fsp3) is 0.261. The molecule has 1 heterocycles. The van der Waals surface area contributed by atoms with E-state index < -0.39 is 0 Å². The summed E-state index contributed by atoms with van der Waals surface area (Å²) in [4.78, 5) is 12.9. The second kappa shape index (κ2) is 6.68. The lowest BCUT2D eigenvalue weighted by atomic mass is 9.76. The zero-order valence-electron chi connectivity index (χ0n) is 15.8. The first-order valence-electron chi connectivity index (χ1n) is 9.07. The van der Waals surface area contributed by atoms with E-state index in [4.69, 9.17) is 4.74 Å². The van der Waals surface area contributed by atoms with Gasteiger partial charge in [0.25, 0.3) is 0 Å². The molecule has 4 heteroatoms. The number of ketones is 1. The van der Waals surface area contributed by atoms with Gasteiger partial charge in [0.1, 0.15) is 5.75 Å². The second-order valence-corrected chi connectivity index (χ2v) is 8.76. The highest BCUT2D eigenvalue weighted by atomic mass is 79.9. The monoisotopic (exact) mass is 423 g/mol. The van der Waals surface area contributed by atoms with Gasteiger partial charge in [0.15, 0.2) is 5.78 Å². The van der Waals surface area contributed by atoms with E-state index in [0.29, 0.717) is 6.42 Å². The van der Waals surface area contributed by atoms with Crippen LogP contribution in [0.5, 0.6) is 5.75 Å². The summed E-state index contributed by atoms with van der Waals surface area (Å²) in [6, 6.07) is 18.2. The largest absolute Gasteiger partial charge is 0.495 e. The molecule has 138 valence electrons. The highest BCUT2D eigenvalue weighted by Crippen LogP contribution is 2.41. The lowest BCUT2D eigenvalue weighted by Crippen LogP contribution is -2.27. The van der Waals surface area contributed by atoms with E-state index in [-0.39, 0.29) is 11.2 Å². The van der Waals surface area contributed by atoms with E-state index in [0.717, 1.165) is 44.8 Å². The third-order valence-corrected chi connectivity index (χ3v) is 5.68. The van der Waals surface area contributed by atoms with Gasteiger partial charge >= 0.3 is 0 Å². The number of para-hydroxylation sites is 2. The summed E-state index contributed by atoms with van der Waals surface area (Å²) in [5, 5.41) is 0. The first-order valence-corrected chi connectivity index (χ1v) is 9.86. The number of rotatable bonds is 3. The second-order valence-electron chi connectivity index (χ2n) is 7.85. The predicted octanol–water partition coefficient (Wildman–Crippen LogP) is 6.07. The molecule has 0 radical (unpaired) electrons. The van der Waals surface area contributed by atoms with Crippen LogP contribution in [-0.2, 0) is 6.42 Å². The topological polar surface area (TPSA) is 31.2 Å². The molecule has 1 aromatic heterocycles. The molecular formula is C23H22BrNO2. The van der Waals surface area contributed by atoms with Gasteiger partial charge in [0, 0.05) is 22.2 Å². The maximum Gasteiger partial charge on any atom is 0.165 e. The highest BCUT2D eigenvalue weighted by Gasteiger charge is 2.35. The third kappa shape index (κ3) is 3.23. The van der Waals surface area contributed by atoms with Crippen LogP contribution in [-0.4, -0.2) is 17.5 Å². The summed E-state index contributed by atoms with van der Waals surface area (Å²) in [6.45, 7) is 4.32. The number of fused-ring (bicyclic) bond motifs is 1. The predicted molar refractivity (Wildman–Crippen MR) is 112 cm³/mol. The number of Topliss-reactive ketones (excluding diaryl/α,β-unsaturated/α-hetero) is 1. The summed E-state index contributed by atoms with van der Waals surface area (Å²) >= 11 is 3.50. The van der Waals surface area contributed by atoms with Crippen LogP contribution in [0.2, 0.25) is 0 Å². The number of carbonyl (C=O) groups is 1. The summed E-state index contributed by atoms with van der Waals surface area (Å²) in [5.41, 5.74) is 4.90. The number of aromatic nitrogens is 1. The van der Waals surface area contributed by atoms with Gasteiger partial charge in [0.2, 0.25) is 0 Å². The van der Waals surface area contributed by atoms with Gasteiger partial charge in [-0.1, -0.05) is 54.0 Å². The van der Waals surface area contributed by atoms with E-state index in [9.17, 15) is 4.79 Å². The molecule has 2 aromatic carbocycles. The molecule has 0 spiro atoms. The first-order chi connectivity index (χ1) is 12.9. The smallest absolute Gasteiger partial charge is 0.165 e. The number of halogens is 1. The molecule has 3 aromatic rings. The number of hydrogen-bond donors (Lipinski definition) is 0. The molecule has 0 amide bonds. The Morgan fingerprint density at radius 1 is 1.04 bits per heavy atom. The molecule has 0 saturated heterocycles. The van der Waals surface area contributed by atoms with Crippen molar-refractivity contribution in [1.29, 1.82) is 0 Å². The van der Waals surface area contributed by atoms with Crippen molar-refractivity contribution in [3.8, 4) is 22.7 Å². The average Bonchev–Trinajstić information content (AvgIpc) is 3.00. The van der Waals surface area contributed by atoms with Gasteiger partial charge < -0.3 is 9.30 Å². The maximum absolute atomic E-state index is 12.9. The lowest BCUT2D eigenvalue weighted by Gasteiger charge is -2.30. The normalized spacial score (nSPS) is 15.5. The van der Waals surface area contributed by atoms with Crippen LogP contribution in [0.4, 0.5) is 0 Å². The average molecular weight is 424 g/mol. The molecular weight excluding hydrogens is 402 g/mol. The Balaban J connectivity index is 2.02. The van der Waals surface area contributed by atoms with E-state index in [1.807, 2.05) is 42.5 Å². The van der Waals surface area contributed by atoms with Crippen molar-refractivity contribution in [2.45, 2.75) is 26.7 Å². The molecule has 0 unspecified atom stereocenters. The molecule has 0 saturated carbocycles. The molecule has 0 atom stereocenters. The van der Waals surface area contributed by atoms with Crippen molar-refractivity contribution in [2.24, 2.45) is 5.41 Å². The number of methoxy groups -OCH3 is 1. The van der Waals surface area contributed by atoms with E-state index in [1.54, 1.807) is 7.11 Å². The minimum absolute atomic E-state index is 0.0564. The van der Waals surface area contributed by atoms with Gasteiger partial charge in [0.05, 0.1) is 18.5 Å². The number of benzene rings is 2. The Morgan fingerprint density at radius 2 is 1.74 bits per heavy atom. The molecule has 0 aliphatic heterocycles. The molecule has 1 aliphatic rings. The summed E-state index contributed by atoms with van der Waals surface area (Å²) in [7, 11) is 1.68. The van der Waals surface area contributed by atoms with E-state index in [1.165, 1.54) is 0 Å². The van der Waals surface area contributed by atoms with Gasteiger partial charge in [-0.2, -0.15) is 0 Å². The van der Waals surface area contributed by atoms with Crippen molar-refractivity contribution in [3.05, 3.63) is 70.3 Å². The SMILES string of the molecule is COc1ccccc1-n1c(-c2ccc(Br)cc2)cc2c1CC(C)(C)CC2=O. The maximum atomic E-state index is 12.9. The van der Waals surface area contributed by atoms with Crippen LogP contribution in [0.15, 0.2) is 59.1 Å². The molecule has 3 nitrogen and oxygen atoms in total. The van der Waals surface area contributed by atoms with E-state index in [2.05, 4.69) is 46.5 Å². The molecule has 0 fully saturated rings. The van der Waals surface area contributed by atoms with Crippen LogP contribution >= 0.6 is 15.9 Å². The first kappa shape index (κ1) is 18.1. The molecule has 4 rings (SSSR count). The van der Waals surface area contributed by atoms with Crippen LogP contribution < -0.4 is 4.74 Å². The van der Waals surface area contributed by atoms with Gasteiger partial charge in [-0.15, -0.1) is 0 Å². The van der Waals surface area contributed by atoms with Crippen LogP contribution in [0, 0.1) is 5.41 Å². The molecule has 1 aliphatic carbocycles. The zero-order valence-corrected chi connectivity index (χ0v) is 17.3. The molecule has 27 heavy (non-hydrogen) atoms. The van der Waals surface area contributed by atoms with Gasteiger partial charge in [-0.25, -0.2) is 0 Å². The summed E-state index contributed by atoms with van der Waals surface area (Å²) in [5.74, 6) is 1.01. The summed E-state index contributed by atoms with van der Waals surface area (Å²) < 4.78 is 8.87. The van der Waals surface area contributed by atoms with Crippen molar-refractivity contribution in [3.63, 3.8) is 0 Å². The van der Waals surface area contributed by atoms with E-state index >= 15 is 0 Å². The quantitative estimate of drug-likeness (QED) is 0.511. The number of ether oxygens (including phenoxy) is 1. The Hall–Kier alpha value is -2.33. The molecule has 0 bridgehead atoms. The fourth-order valence-corrected chi connectivity index (χ4v) is 4.20. The van der Waals surface area contributed by atoms with Crippen LogP contribution in [0.3, 0.4) is 0 Å². The Morgan fingerprint density at radius 3 is 2.44 bits per heavy atom. The minimum Gasteiger partial charge on any atom is -0.495 e. The van der Waals surface area contributed by atoms with Crippen molar-refractivity contribution in [2.75, 3.05) is 7.11 Å². The third-order valence-electron chi connectivity index (χ3n) is 5.15. The molecule has 0 N–H and O–H groups in total. The van der Waals surface area contributed by atoms with Crippen LogP contribution in [0.1, 0.15) is 36.3 Å². The fourth-order valence-electron chi connectivity index (χ4n) is 3.93. The Kier molecular flexibility index (Phi) is 4.47. The number of nitrogens with zero attached hydrogens (tertiary/aromatic N) is 1. The highest BCUT2D eigenvalue weighted by molar-refractivity contribution is 9.10. The van der Waals surface area contributed by atoms with Gasteiger partial charge in [-0.05, 0) is 47.7 Å². The number of hydrogen-bond acceptors (Lipinski definition) is 2. The Bertz CT molecular complexity index is 1020. The lowest BCUT2D eigenvalue weighted by molar-refractivity contribution is 0.0911. The number of carbonyl (C=O) groups excluding carboxylic acids is 1. The van der Waals surface area contributed by atoms with Crippen molar-refractivity contribution < 1.29 is 9.53 Å². The van der Waals surface area contributed by atoms with Crippen LogP contribution in [0.25, 0.3) is 16.9 Å².